The van der Waals surface area contributed by atoms with Gasteiger partial charge in [-0.25, -0.2) is 18.6 Å². The van der Waals surface area contributed by atoms with Gasteiger partial charge in [-0.1, -0.05) is 32.0 Å². The van der Waals surface area contributed by atoms with Gasteiger partial charge in [-0.05, 0) is 60.4 Å². The lowest BCUT2D eigenvalue weighted by Gasteiger charge is -2.37. The average molecular weight is 638 g/mol. The number of carboxylic acid groups (broad SMARTS) is 1. The number of methoxy groups -OCH3 is 1. The highest BCUT2D eigenvalue weighted by Gasteiger charge is 2.68. The lowest BCUT2D eigenvalue weighted by molar-refractivity contribution is -0.150. The maximum absolute atomic E-state index is 17.9. The third-order valence-electron chi connectivity index (χ3n) is 7.95. The number of ether oxygens (including phenoxy) is 1. The summed E-state index contributed by atoms with van der Waals surface area (Å²) in [5.74, 6) is -2.09. The van der Waals surface area contributed by atoms with Gasteiger partial charge in [-0.3, -0.25) is 9.48 Å². The number of benzene rings is 2. The number of rotatable bonds is 9. The van der Waals surface area contributed by atoms with Crippen LogP contribution in [-0.2, 0) is 16.8 Å². The number of hydrogen-bond acceptors (Lipinski definition) is 8. The van der Waals surface area contributed by atoms with Crippen molar-refractivity contribution in [1.82, 2.24) is 19.7 Å². The Balaban J connectivity index is 1.69. The lowest BCUT2D eigenvalue weighted by Crippen LogP contribution is -2.56. The summed E-state index contributed by atoms with van der Waals surface area (Å²) in [7, 11) is 1.49. The van der Waals surface area contributed by atoms with Crippen LogP contribution in [0.1, 0.15) is 61.1 Å². The molecule has 1 N–H and O–H groups in total. The van der Waals surface area contributed by atoms with Crippen molar-refractivity contribution in [2.45, 2.75) is 63.3 Å². The van der Waals surface area contributed by atoms with Crippen molar-refractivity contribution in [2.75, 3.05) is 7.11 Å². The zero-order valence-corrected chi connectivity index (χ0v) is 26.2. The SMILES string of the molecule is COc1cc(C(=O)N2C(c3nccs3)C(F)(/C(C)=N/Oc3ccc(F)cc3)CC2(Cn2cccn2)C(=O)O)ccc1C(C)(C)C. The topological polar surface area (TPSA) is 119 Å². The van der Waals surface area contributed by atoms with E-state index in [0.29, 0.717) is 5.75 Å². The summed E-state index contributed by atoms with van der Waals surface area (Å²) in [4.78, 5) is 38.9. The van der Waals surface area contributed by atoms with Crippen LogP contribution in [0.3, 0.4) is 0 Å². The van der Waals surface area contributed by atoms with E-state index < -0.39 is 41.4 Å². The predicted molar refractivity (Wildman–Crippen MR) is 164 cm³/mol. The first kappa shape index (κ1) is 31.8. The number of carbonyl (C=O) groups is 2. The van der Waals surface area contributed by atoms with Crippen LogP contribution in [0, 0.1) is 5.82 Å². The Labute approximate surface area is 262 Å². The molecule has 0 aliphatic carbocycles. The minimum atomic E-state index is -2.56. The highest BCUT2D eigenvalue weighted by molar-refractivity contribution is 7.09. The number of amides is 1. The van der Waals surface area contributed by atoms with E-state index in [1.807, 2.05) is 20.8 Å². The van der Waals surface area contributed by atoms with E-state index in [-0.39, 0.29) is 34.0 Å². The molecule has 3 atom stereocenters. The molecule has 0 bridgehead atoms. The van der Waals surface area contributed by atoms with E-state index in [9.17, 15) is 19.1 Å². The number of likely N-dealkylation sites (tertiary alicyclic amines) is 1. The molecule has 0 radical (unpaired) electrons. The molecule has 2 aromatic heterocycles. The molecule has 236 valence electrons. The largest absolute Gasteiger partial charge is 0.496 e. The van der Waals surface area contributed by atoms with Crippen LogP contribution in [0.2, 0.25) is 0 Å². The highest BCUT2D eigenvalue weighted by atomic mass is 32.1. The van der Waals surface area contributed by atoms with Crippen LogP contribution in [0.5, 0.6) is 11.5 Å². The van der Waals surface area contributed by atoms with Crippen molar-refractivity contribution in [3.05, 3.63) is 94.5 Å². The first-order valence-electron chi connectivity index (χ1n) is 14.1. The summed E-state index contributed by atoms with van der Waals surface area (Å²) in [6.45, 7) is 6.99. The monoisotopic (exact) mass is 637 g/mol. The molecule has 1 fully saturated rings. The molecule has 1 aliphatic rings. The number of nitrogens with zero attached hydrogens (tertiary/aromatic N) is 5. The third kappa shape index (κ3) is 5.91. The van der Waals surface area contributed by atoms with Gasteiger partial charge in [0.15, 0.2) is 17.0 Å². The molecule has 1 saturated heterocycles. The minimum absolute atomic E-state index is 0.105. The number of carbonyl (C=O) groups excluding carboxylic acids is 1. The summed E-state index contributed by atoms with van der Waals surface area (Å²) >= 11 is 1.08. The second kappa shape index (κ2) is 12.0. The molecule has 3 unspecified atom stereocenters. The van der Waals surface area contributed by atoms with Crippen molar-refractivity contribution in [1.29, 1.82) is 0 Å². The Bertz CT molecular complexity index is 1710. The third-order valence-corrected chi connectivity index (χ3v) is 8.77. The van der Waals surface area contributed by atoms with Crippen LogP contribution in [0.25, 0.3) is 0 Å². The van der Waals surface area contributed by atoms with Crippen LogP contribution < -0.4 is 9.57 Å². The standard InChI is InChI=1S/C32H33F2N5O5S/c1-20(37-44-23-10-8-22(33)9-11-23)32(34)18-31(29(41)42,19-38-15-6-13-36-38)39(26(32)27-35-14-16-45-27)28(40)21-7-12-24(30(2,3)4)25(17-21)43-5/h6-17,26H,18-19H2,1-5H3,(H,41,42)/b37-20+. The molecule has 13 heteroatoms. The second-order valence-corrected chi connectivity index (χ2v) is 12.8. The predicted octanol–water partition coefficient (Wildman–Crippen LogP) is 6.06. The van der Waals surface area contributed by atoms with Gasteiger partial charge < -0.3 is 19.6 Å². The van der Waals surface area contributed by atoms with Gasteiger partial charge in [-0.15, -0.1) is 11.3 Å². The molecule has 3 heterocycles. The summed E-state index contributed by atoms with van der Waals surface area (Å²) in [6, 6.07) is 9.96. The molecule has 1 amide bonds. The number of oxime groups is 1. The molecular weight excluding hydrogens is 604 g/mol. The number of alkyl halides is 1. The molecule has 10 nitrogen and oxygen atoms in total. The van der Waals surface area contributed by atoms with E-state index in [4.69, 9.17) is 9.57 Å². The zero-order chi connectivity index (χ0) is 32.6. The van der Waals surface area contributed by atoms with Crippen molar-refractivity contribution >= 4 is 28.9 Å². The number of aromatic nitrogens is 3. The normalized spacial score (nSPS) is 22.0. The average Bonchev–Trinajstić information content (AvgIpc) is 3.76. The zero-order valence-electron chi connectivity index (χ0n) is 25.4. The van der Waals surface area contributed by atoms with Crippen molar-refractivity contribution in [3.63, 3.8) is 0 Å². The fraction of sp³-hybridized carbons (Fsp3) is 0.344. The molecule has 5 rings (SSSR count). The number of carboxylic acids is 1. The molecule has 0 spiro atoms. The Morgan fingerprint density at radius 2 is 1.91 bits per heavy atom. The molecule has 45 heavy (non-hydrogen) atoms. The summed E-state index contributed by atoms with van der Waals surface area (Å²) in [5, 5.41) is 20.9. The van der Waals surface area contributed by atoms with Crippen molar-refractivity contribution in [2.24, 2.45) is 5.16 Å². The lowest BCUT2D eigenvalue weighted by atomic mass is 9.85. The summed E-state index contributed by atoms with van der Waals surface area (Å²) in [5.41, 5.74) is -4.31. The van der Waals surface area contributed by atoms with E-state index >= 15 is 4.39 Å². The van der Waals surface area contributed by atoms with Gasteiger partial charge in [0.1, 0.15) is 22.6 Å². The highest BCUT2D eigenvalue weighted by Crippen LogP contribution is 2.54. The molecule has 4 aromatic rings. The Kier molecular flexibility index (Phi) is 8.49. The van der Waals surface area contributed by atoms with Crippen molar-refractivity contribution < 1.29 is 33.1 Å². The number of halogens is 2. The molecule has 1 aliphatic heterocycles. The first-order valence-corrected chi connectivity index (χ1v) is 15.0. The van der Waals surface area contributed by atoms with E-state index in [2.05, 4.69) is 15.2 Å². The summed E-state index contributed by atoms with van der Waals surface area (Å²) in [6.07, 6.45) is 3.78. The van der Waals surface area contributed by atoms with Crippen molar-refractivity contribution in [3.8, 4) is 11.5 Å². The van der Waals surface area contributed by atoms with Gasteiger partial charge >= 0.3 is 5.97 Å². The molecule has 2 aromatic carbocycles. The van der Waals surface area contributed by atoms with Crippen LogP contribution in [0.15, 0.2) is 77.7 Å². The fourth-order valence-electron chi connectivity index (χ4n) is 5.69. The minimum Gasteiger partial charge on any atom is -0.496 e. The van der Waals surface area contributed by atoms with Gasteiger partial charge in [0.05, 0.1) is 19.4 Å². The van der Waals surface area contributed by atoms with Crippen LogP contribution >= 0.6 is 11.3 Å². The fourth-order valence-corrected chi connectivity index (χ4v) is 6.49. The smallest absolute Gasteiger partial charge is 0.331 e. The quantitative estimate of drug-likeness (QED) is 0.175. The number of thiazole rings is 1. The van der Waals surface area contributed by atoms with Gasteiger partial charge in [0.25, 0.3) is 5.91 Å². The number of aliphatic carboxylic acids is 1. The van der Waals surface area contributed by atoms with Crippen LogP contribution in [-0.4, -0.2) is 60.7 Å². The van der Waals surface area contributed by atoms with E-state index in [1.54, 1.807) is 35.8 Å². The van der Waals surface area contributed by atoms with E-state index in [1.165, 1.54) is 55.4 Å². The first-order chi connectivity index (χ1) is 21.3. The van der Waals surface area contributed by atoms with Gasteiger partial charge in [0.2, 0.25) is 0 Å². The molecule has 0 saturated carbocycles. The van der Waals surface area contributed by atoms with Crippen LogP contribution in [0.4, 0.5) is 8.78 Å². The maximum Gasteiger partial charge on any atom is 0.331 e. The van der Waals surface area contributed by atoms with E-state index in [0.717, 1.165) is 21.8 Å². The second-order valence-electron chi connectivity index (χ2n) is 11.9. The van der Waals surface area contributed by atoms with Gasteiger partial charge in [0, 0.05) is 36.0 Å². The van der Waals surface area contributed by atoms with Gasteiger partial charge in [-0.2, -0.15) is 5.10 Å². The Hall–Kier alpha value is -4.65. The molecular formula is C32H33F2N5O5S. The summed E-state index contributed by atoms with van der Waals surface area (Å²) < 4.78 is 38.3. The maximum atomic E-state index is 17.9. The Morgan fingerprint density at radius 3 is 2.49 bits per heavy atom. The number of hydrogen-bond donors (Lipinski definition) is 1. The Morgan fingerprint density at radius 1 is 1.18 bits per heavy atom.